The van der Waals surface area contributed by atoms with E-state index in [1.54, 1.807) is 12.1 Å². The molecule has 192 valence electrons. The Kier molecular flexibility index (Phi) is 7.55. The monoisotopic (exact) mass is 670 g/mol. The van der Waals surface area contributed by atoms with E-state index in [1.165, 1.54) is 34.1 Å². The van der Waals surface area contributed by atoms with Crippen LogP contribution in [0.2, 0.25) is 10.0 Å². The average Bonchev–Trinajstić information content (AvgIpc) is 3.50. The fraction of sp³-hybridized carbons (Fsp3) is 0.261. The van der Waals surface area contributed by atoms with Crippen LogP contribution in [0.5, 0.6) is 0 Å². The number of nitrogens with one attached hydrogen (secondary N) is 2. The first kappa shape index (κ1) is 26.1. The van der Waals surface area contributed by atoms with E-state index in [0.717, 1.165) is 12.8 Å². The number of rotatable bonds is 7. The van der Waals surface area contributed by atoms with E-state index < -0.39 is 17.9 Å². The maximum absolute atomic E-state index is 13.4. The van der Waals surface area contributed by atoms with Crippen LogP contribution in [-0.4, -0.2) is 56.7 Å². The summed E-state index contributed by atoms with van der Waals surface area (Å²) in [4.78, 5) is 49.0. The molecule has 14 heteroatoms. The molecule has 3 aromatic rings. The molecule has 2 fully saturated rings. The van der Waals surface area contributed by atoms with Crippen LogP contribution in [0.25, 0.3) is 5.82 Å². The summed E-state index contributed by atoms with van der Waals surface area (Å²) in [5.41, 5.74) is 0.321. The number of hydroxylamine groups is 2. The number of carbonyl (C=O) groups excluding carboxylic acids is 3. The van der Waals surface area contributed by atoms with E-state index in [2.05, 4.69) is 52.6 Å². The Morgan fingerprint density at radius 2 is 1.95 bits per heavy atom. The van der Waals surface area contributed by atoms with Crippen molar-refractivity contribution < 1.29 is 19.2 Å². The number of hydrogen-bond acceptors (Lipinski definition) is 6. The Bertz CT molecular complexity index is 1410. The molecule has 1 aliphatic carbocycles. The largest absolute Gasteiger partial charge is 0.338 e. The van der Waals surface area contributed by atoms with Gasteiger partial charge in [0.25, 0.3) is 17.7 Å². The first-order valence-electron chi connectivity index (χ1n) is 11.1. The summed E-state index contributed by atoms with van der Waals surface area (Å²) in [7, 11) is 0. The summed E-state index contributed by atoms with van der Waals surface area (Å²) >= 11 is 19.1. The van der Waals surface area contributed by atoms with E-state index in [9.17, 15) is 14.4 Å². The maximum Gasteiger partial charge on any atom is 0.274 e. The maximum atomic E-state index is 13.4. The second-order valence-electron chi connectivity index (χ2n) is 8.50. The lowest BCUT2D eigenvalue weighted by atomic mass is 10.1. The zero-order valence-electron chi connectivity index (χ0n) is 18.9. The predicted molar refractivity (Wildman–Crippen MR) is 143 cm³/mol. The van der Waals surface area contributed by atoms with Crippen molar-refractivity contribution in [2.45, 2.75) is 18.9 Å². The summed E-state index contributed by atoms with van der Waals surface area (Å²) in [6.45, 7) is 0.539. The van der Waals surface area contributed by atoms with Crippen LogP contribution in [0.1, 0.15) is 33.7 Å². The number of carbonyl (C=O) groups is 3. The van der Waals surface area contributed by atoms with Crippen LogP contribution in [0.15, 0.2) is 45.6 Å². The van der Waals surface area contributed by atoms with Crippen molar-refractivity contribution in [1.29, 1.82) is 0 Å². The molecular formula is C23H18Br2Cl2N6O4. The highest BCUT2D eigenvalue weighted by Crippen LogP contribution is 2.33. The van der Waals surface area contributed by atoms with Gasteiger partial charge in [0.15, 0.2) is 5.82 Å². The Morgan fingerprint density at radius 1 is 1.16 bits per heavy atom. The third-order valence-electron chi connectivity index (χ3n) is 5.76. The van der Waals surface area contributed by atoms with Crippen LogP contribution in [0.3, 0.4) is 0 Å². The van der Waals surface area contributed by atoms with Crippen LogP contribution in [0.4, 0.5) is 5.69 Å². The lowest BCUT2D eigenvalue weighted by Gasteiger charge is -2.16. The average molecular weight is 673 g/mol. The molecule has 10 nitrogen and oxygen atoms in total. The van der Waals surface area contributed by atoms with Crippen LogP contribution in [-0.2, 0) is 9.63 Å². The van der Waals surface area contributed by atoms with Crippen molar-refractivity contribution in [2.75, 3.05) is 18.5 Å². The highest BCUT2D eigenvalue weighted by molar-refractivity contribution is 9.10. The van der Waals surface area contributed by atoms with Crippen LogP contribution >= 0.6 is 55.1 Å². The Balaban J connectivity index is 1.40. The Labute approximate surface area is 237 Å². The van der Waals surface area contributed by atoms with Crippen molar-refractivity contribution >= 4 is 78.5 Å². The summed E-state index contributed by atoms with van der Waals surface area (Å²) < 4.78 is 2.03. The molecule has 1 atom stereocenters. The lowest BCUT2D eigenvalue weighted by Crippen LogP contribution is -2.43. The number of anilines is 1. The van der Waals surface area contributed by atoms with E-state index in [4.69, 9.17) is 28.0 Å². The van der Waals surface area contributed by atoms with Gasteiger partial charge in [-0.3, -0.25) is 19.2 Å². The Morgan fingerprint density at radius 3 is 2.68 bits per heavy atom. The highest BCUT2D eigenvalue weighted by Gasteiger charge is 2.38. The van der Waals surface area contributed by atoms with E-state index in [-0.39, 0.29) is 40.3 Å². The third-order valence-corrected chi connectivity index (χ3v) is 7.28. The predicted octanol–water partition coefficient (Wildman–Crippen LogP) is 4.63. The third kappa shape index (κ3) is 5.68. The van der Waals surface area contributed by atoms with Gasteiger partial charge in [0.1, 0.15) is 22.9 Å². The lowest BCUT2D eigenvalue weighted by molar-refractivity contribution is -0.162. The molecule has 1 saturated carbocycles. The van der Waals surface area contributed by atoms with Crippen LogP contribution in [0, 0.1) is 5.92 Å². The minimum Gasteiger partial charge on any atom is -0.338 e. The molecule has 0 bridgehead atoms. The summed E-state index contributed by atoms with van der Waals surface area (Å²) in [6.07, 6.45) is 3.65. The minimum absolute atomic E-state index is 0.0266. The standard InChI is InChI=1S/C23H18Br2Cl2N6O4/c24-14-7-12(26)6-13(21(34)29-16-10-37-32(23(16)36)9-11-3-4-11)19(14)30-22(35)17-8-18(25)31-33(17)20-15(27)2-1-5-28-20/h1-2,5-8,11,16H,3-4,9-10H2,(H,29,34)(H,30,35). The fourth-order valence-corrected chi connectivity index (χ4v) is 5.24. The molecular weight excluding hydrogens is 655 g/mol. The molecule has 2 aromatic heterocycles. The number of benzene rings is 1. The molecule has 0 radical (unpaired) electrons. The molecule has 3 amide bonds. The molecule has 0 spiro atoms. The first-order valence-corrected chi connectivity index (χ1v) is 13.5. The van der Waals surface area contributed by atoms with Gasteiger partial charge in [-0.1, -0.05) is 23.2 Å². The van der Waals surface area contributed by atoms with Gasteiger partial charge in [-0.05, 0) is 74.9 Å². The fourth-order valence-electron chi connectivity index (χ4n) is 3.76. The van der Waals surface area contributed by atoms with Crippen molar-refractivity contribution in [3.63, 3.8) is 0 Å². The van der Waals surface area contributed by atoms with Crippen molar-refractivity contribution in [3.05, 3.63) is 66.9 Å². The van der Waals surface area contributed by atoms with Gasteiger partial charge in [-0.15, -0.1) is 0 Å². The van der Waals surface area contributed by atoms with E-state index in [1.807, 2.05) is 0 Å². The molecule has 5 rings (SSSR count). The minimum atomic E-state index is -0.851. The molecule has 2 aliphatic rings. The number of amides is 3. The van der Waals surface area contributed by atoms with Gasteiger partial charge >= 0.3 is 0 Å². The quantitative estimate of drug-likeness (QED) is 0.378. The molecule has 2 N–H and O–H groups in total. The topological polar surface area (TPSA) is 118 Å². The first-order chi connectivity index (χ1) is 17.7. The second-order valence-corrected chi connectivity index (χ2v) is 11.0. The molecule has 1 saturated heterocycles. The van der Waals surface area contributed by atoms with Crippen molar-refractivity contribution in [1.82, 2.24) is 25.1 Å². The number of aromatic nitrogens is 3. The smallest absolute Gasteiger partial charge is 0.274 e. The molecule has 1 aliphatic heterocycles. The molecule has 3 heterocycles. The van der Waals surface area contributed by atoms with E-state index in [0.29, 0.717) is 26.6 Å². The van der Waals surface area contributed by atoms with Gasteiger partial charge in [-0.25, -0.2) is 14.7 Å². The molecule has 1 unspecified atom stereocenters. The van der Waals surface area contributed by atoms with E-state index >= 15 is 0 Å². The number of hydrogen-bond donors (Lipinski definition) is 2. The summed E-state index contributed by atoms with van der Waals surface area (Å²) in [6, 6.07) is 6.87. The summed E-state index contributed by atoms with van der Waals surface area (Å²) in [5.74, 6) is -0.806. The normalized spacial score (nSPS) is 17.2. The van der Waals surface area contributed by atoms with Gasteiger partial charge in [0.2, 0.25) is 0 Å². The zero-order valence-corrected chi connectivity index (χ0v) is 23.6. The highest BCUT2D eigenvalue weighted by atomic mass is 79.9. The number of nitrogens with zero attached hydrogens (tertiary/aromatic N) is 4. The molecule has 37 heavy (non-hydrogen) atoms. The van der Waals surface area contributed by atoms with Gasteiger partial charge in [0.05, 0.1) is 22.8 Å². The second kappa shape index (κ2) is 10.7. The van der Waals surface area contributed by atoms with Crippen molar-refractivity contribution in [3.8, 4) is 5.82 Å². The SMILES string of the molecule is O=C(NC1CON(CC2CC2)C1=O)c1cc(Cl)cc(Br)c1NC(=O)c1cc(Br)nn1-c1ncccc1Cl. The van der Waals surface area contributed by atoms with Crippen LogP contribution < -0.4 is 10.6 Å². The molecule has 1 aromatic carbocycles. The summed E-state index contributed by atoms with van der Waals surface area (Å²) in [5, 5.41) is 11.5. The Hall–Kier alpha value is -2.51. The van der Waals surface area contributed by atoms with Gasteiger partial charge < -0.3 is 10.6 Å². The van der Waals surface area contributed by atoms with Crippen molar-refractivity contribution in [2.24, 2.45) is 5.92 Å². The van der Waals surface area contributed by atoms with Gasteiger partial charge in [0, 0.05) is 21.8 Å². The number of pyridine rings is 1. The number of halogens is 4. The zero-order chi connectivity index (χ0) is 26.3. The van der Waals surface area contributed by atoms with Gasteiger partial charge in [-0.2, -0.15) is 5.10 Å².